The van der Waals surface area contributed by atoms with E-state index in [2.05, 4.69) is 264 Å². The van der Waals surface area contributed by atoms with E-state index in [-0.39, 0.29) is 0 Å². The second-order valence-electron chi connectivity index (χ2n) is 16.5. The normalized spacial score (nSPS) is 11.4. The molecule has 0 fully saturated rings. The van der Waals surface area contributed by atoms with Crippen LogP contribution in [-0.4, -0.2) is 4.57 Å². The Morgan fingerprint density at radius 3 is 1.23 bits per heavy atom. The molecule has 0 atom stereocenters. The molecule has 2 nitrogen and oxygen atoms in total. The molecule has 0 saturated carbocycles. The molecule has 0 N–H and O–H groups in total. The lowest BCUT2D eigenvalue weighted by atomic mass is 9.93. The number of hydrogen-bond donors (Lipinski definition) is 0. The van der Waals surface area contributed by atoms with Gasteiger partial charge in [0.15, 0.2) is 0 Å². The van der Waals surface area contributed by atoms with E-state index in [1.165, 1.54) is 87.9 Å². The molecule has 0 unspecified atom stereocenters. The Morgan fingerprint density at radius 2 is 0.656 bits per heavy atom. The van der Waals surface area contributed by atoms with Crippen molar-refractivity contribution in [2.24, 2.45) is 0 Å². The van der Waals surface area contributed by atoms with Crippen molar-refractivity contribution in [2.75, 3.05) is 4.90 Å². The van der Waals surface area contributed by atoms with Crippen LogP contribution in [-0.2, 0) is 0 Å². The molecular weight excluding hydrogens is 773 g/mol. The molecule has 12 aromatic rings. The zero-order valence-corrected chi connectivity index (χ0v) is 35.1. The van der Waals surface area contributed by atoms with Crippen molar-refractivity contribution < 1.29 is 0 Å². The summed E-state index contributed by atoms with van der Waals surface area (Å²) in [4.78, 5) is 2.36. The van der Waals surface area contributed by atoms with Crippen LogP contribution in [0.3, 0.4) is 0 Å². The van der Waals surface area contributed by atoms with Crippen LogP contribution >= 0.6 is 0 Å². The van der Waals surface area contributed by atoms with Crippen LogP contribution in [0.15, 0.2) is 255 Å². The standard InChI is InChI=1S/C62H42N2/c1-2-13-43(14-3-1)44-25-27-45(28-26-44)46-29-35-51(36-30-46)63(53-39-33-48(34-40-53)60-42-50-15-4-5-18-55(50)56-19-6-7-20-57(56)60)52-37-31-47(32-38-52)49-16-12-17-54(41-49)64-61-23-10-8-21-58(61)59-22-9-11-24-62(59)64/h1-42H. The maximum atomic E-state index is 2.38. The molecule has 0 aliphatic heterocycles. The third kappa shape index (κ3) is 6.61. The first-order valence-corrected chi connectivity index (χ1v) is 22.0. The van der Waals surface area contributed by atoms with Gasteiger partial charge in [0.1, 0.15) is 0 Å². The third-order valence-electron chi connectivity index (χ3n) is 12.8. The fourth-order valence-electron chi connectivity index (χ4n) is 9.65. The molecule has 64 heavy (non-hydrogen) atoms. The number of para-hydroxylation sites is 2. The molecule has 0 saturated heterocycles. The van der Waals surface area contributed by atoms with E-state index in [1.54, 1.807) is 0 Å². The lowest BCUT2D eigenvalue weighted by molar-refractivity contribution is 1.18. The number of anilines is 3. The molecule has 0 amide bonds. The first-order chi connectivity index (χ1) is 31.7. The minimum Gasteiger partial charge on any atom is -0.311 e. The van der Waals surface area contributed by atoms with Crippen molar-refractivity contribution in [1.29, 1.82) is 0 Å². The summed E-state index contributed by atoms with van der Waals surface area (Å²) in [6.07, 6.45) is 0. The summed E-state index contributed by atoms with van der Waals surface area (Å²) >= 11 is 0. The SMILES string of the molecule is c1ccc(-c2ccc(-c3ccc(N(c4ccc(-c5cccc(-n6c7ccccc7c7ccccc76)c5)cc4)c4ccc(-c5cc6ccccc6c6ccccc56)cc4)cc3)cc2)cc1. The van der Waals surface area contributed by atoms with Crippen molar-refractivity contribution in [3.63, 3.8) is 0 Å². The van der Waals surface area contributed by atoms with Crippen molar-refractivity contribution >= 4 is 60.4 Å². The van der Waals surface area contributed by atoms with Gasteiger partial charge in [0.2, 0.25) is 0 Å². The first kappa shape index (κ1) is 37.3. The number of aromatic nitrogens is 1. The van der Waals surface area contributed by atoms with Crippen LogP contribution in [0.25, 0.3) is 93.5 Å². The highest BCUT2D eigenvalue weighted by atomic mass is 15.1. The second kappa shape index (κ2) is 15.8. The summed E-state index contributed by atoms with van der Waals surface area (Å²) in [5.74, 6) is 0. The average Bonchev–Trinajstić information content (AvgIpc) is 3.72. The van der Waals surface area contributed by atoms with Gasteiger partial charge in [0.05, 0.1) is 11.0 Å². The maximum absolute atomic E-state index is 2.38. The van der Waals surface area contributed by atoms with Crippen LogP contribution < -0.4 is 4.90 Å². The Morgan fingerprint density at radius 1 is 0.250 bits per heavy atom. The quantitative estimate of drug-likeness (QED) is 0.139. The van der Waals surface area contributed by atoms with Gasteiger partial charge in [-0.2, -0.15) is 0 Å². The highest BCUT2D eigenvalue weighted by Crippen LogP contribution is 2.41. The Hall–Kier alpha value is -8.46. The van der Waals surface area contributed by atoms with Gasteiger partial charge in [-0.3, -0.25) is 0 Å². The lowest BCUT2D eigenvalue weighted by Crippen LogP contribution is -2.09. The Kier molecular flexibility index (Phi) is 9.20. The molecule has 1 heterocycles. The van der Waals surface area contributed by atoms with Crippen molar-refractivity contribution in [3.05, 3.63) is 255 Å². The Labute approximate surface area is 373 Å². The molecule has 0 aliphatic carbocycles. The monoisotopic (exact) mass is 814 g/mol. The summed E-state index contributed by atoms with van der Waals surface area (Å²) in [6, 6.07) is 92.6. The first-order valence-electron chi connectivity index (χ1n) is 22.0. The average molecular weight is 815 g/mol. The number of nitrogens with zero attached hydrogens (tertiary/aromatic N) is 2. The molecule has 11 aromatic carbocycles. The zero-order chi connectivity index (χ0) is 42.4. The van der Waals surface area contributed by atoms with E-state index < -0.39 is 0 Å². The van der Waals surface area contributed by atoms with Crippen molar-refractivity contribution in [3.8, 4) is 50.2 Å². The highest BCUT2D eigenvalue weighted by Gasteiger charge is 2.16. The van der Waals surface area contributed by atoms with Crippen LogP contribution in [0.1, 0.15) is 0 Å². The van der Waals surface area contributed by atoms with Crippen molar-refractivity contribution in [1.82, 2.24) is 4.57 Å². The molecule has 2 heteroatoms. The molecular formula is C62H42N2. The molecule has 0 radical (unpaired) electrons. The number of benzene rings is 11. The van der Waals surface area contributed by atoms with E-state index in [0.29, 0.717) is 0 Å². The molecule has 0 spiro atoms. The minimum atomic E-state index is 1.09. The maximum Gasteiger partial charge on any atom is 0.0541 e. The summed E-state index contributed by atoms with van der Waals surface area (Å²) in [5.41, 5.74) is 16.4. The molecule has 1 aromatic heterocycles. The van der Waals surface area contributed by atoms with Gasteiger partial charge in [-0.15, -0.1) is 0 Å². The zero-order valence-electron chi connectivity index (χ0n) is 35.1. The summed E-state index contributed by atoms with van der Waals surface area (Å²) in [6.45, 7) is 0. The number of hydrogen-bond acceptors (Lipinski definition) is 1. The number of rotatable bonds is 8. The minimum absolute atomic E-state index is 1.09. The van der Waals surface area contributed by atoms with E-state index >= 15 is 0 Å². The summed E-state index contributed by atoms with van der Waals surface area (Å²) < 4.78 is 2.38. The van der Waals surface area contributed by atoms with Crippen LogP contribution in [0.2, 0.25) is 0 Å². The van der Waals surface area contributed by atoms with Crippen LogP contribution in [0, 0.1) is 0 Å². The van der Waals surface area contributed by atoms with E-state index in [4.69, 9.17) is 0 Å². The second-order valence-corrected chi connectivity index (χ2v) is 16.5. The van der Waals surface area contributed by atoms with Gasteiger partial charge < -0.3 is 9.47 Å². The molecule has 300 valence electrons. The predicted octanol–water partition coefficient (Wildman–Crippen LogP) is 17.2. The van der Waals surface area contributed by atoms with E-state index in [0.717, 1.165) is 22.7 Å². The van der Waals surface area contributed by atoms with E-state index in [1.807, 2.05) is 0 Å². The lowest BCUT2D eigenvalue weighted by Gasteiger charge is -2.26. The Bertz CT molecular complexity index is 3570. The highest BCUT2D eigenvalue weighted by molar-refractivity contribution is 6.14. The topological polar surface area (TPSA) is 8.17 Å². The van der Waals surface area contributed by atoms with Gasteiger partial charge in [0.25, 0.3) is 0 Å². The largest absolute Gasteiger partial charge is 0.311 e. The molecule has 0 aliphatic rings. The van der Waals surface area contributed by atoms with E-state index in [9.17, 15) is 0 Å². The third-order valence-corrected chi connectivity index (χ3v) is 12.8. The Balaban J connectivity index is 0.917. The molecule has 12 rings (SSSR count). The van der Waals surface area contributed by atoms with Crippen LogP contribution in [0.4, 0.5) is 17.1 Å². The van der Waals surface area contributed by atoms with Gasteiger partial charge in [-0.05, 0) is 133 Å². The van der Waals surface area contributed by atoms with Crippen molar-refractivity contribution in [2.45, 2.75) is 0 Å². The molecule has 0 bridgehead atoms. The van der Waals surface area contributed by atoms with Crippen LogP contribution in [0.5, 0.6) is 0 Å². The van der Waals surface area contributed by atoms with Gasteiger partial charge in [-0.25, -0.2) is 0 Å². The number of fused-ring (bicyclic) bond motifs is 6. The fraction of sp³-hybridized carbons (Fsp3) is 0. The summed E-state index contributed by atoms with van der Waals surface area (Å²) in [7, 11) is 0. The van der Waals surface area contributed by atoms with Gasteiger partial charge >= 0.3 is 0 Å². The smallest absolute Gasteiger partial charge is 0.0541 e. The summed E-state index contributed by atoms with van der Waals surface area (Å²) in [5, 5.41) is 7.59. The predicted molar refractivity (Wildman–Crippen MR) is 272 cm³/mol. The van der Waals surface area contributed by atoms with Gasteiger partial charge in [-0.1, -0.05) is 188 Å². The van der Waals surface area contributed by atoms with Gasteiger partial charge in [0, 0.05) is 33.5 Å². The fourth-order valence-corrected chi connectivity index (χ4v) is 9.65.